The number of nitrogens with zero attached hydrogens (tertiary/aromatic N) is 4. The van der Waals surface area contributed by atoms with E-state index in [0.717, 1.165) is 63.0 Å². The SMILES string of the molecule is O=C(CC1CC1)N1CC[C@]2(COCc3cnc(N4CCOCC4)nc32)C1. The van der Waals surface area contributed by atoms with Crippen molar-refractivity contribution in [2.75, 3.05) is 50.9 Å². The van der Waals surface area contributed by atoms with Gasteiger partial charge in [0, 0.05) is 44.4 Å². The van der Waals surface area contributed by atoms with Crippen LogP contribution in [0.3, 0.4) is 0 Å². The van der Waals surface area contributed by atoms with E-state index in [9.17, 15) is 4.79 Å². The lowest BCUT2D eigenvalue weighted by Gasteiger charge is -2.35. The molecule has 7 heteroatoms. The van der Waals surface area contributed by atoms with E-state index in [1.165, 1.54) is 12.8 Å². The Labute approximate surface area is 153 Å². The van der Waals surface area contributed by atoms with Gasteiger partial charge in [-0.2, -0.15) is 0 Å². The van der Waals surface area contributed by atoms with Crippen LogP contribution >= 0.6 is 0 Å². The summed E-state index contributed by atoms with van der Waals surface area (Å²) in [7, 11) is 0. The van der Waals surface area contributed by atoms with Gasteiger partial charge in [0.2, 0.25) is 11.9 Å². The van der Waals surface area contributed by atoms with Gasteiger partial charge < -0.3 is 19.3 Å². The Morgan fingerprint density at radius 3 is 2.88 bits per heavy atom. The Balaban J connectivity index is 1.40. The molecule has 0 unspecified atom stereocenters. The van der Waals surface area contributed by atoms with Crippen LogP contribution in [0, 0.1) is 5.92 Å². The van der Waals surface area contributed by atoms with E-state index in [2.05, 4.69) is 9.88 Å². The molecule has 140 valence electrons. The van der Waals surface area contributed by atoms with E-state index in [0.29, 0.717) is 31.5 Å². The summed E-state index contributed by atoms with van der Waals surface area (Å²) in [4.78, 5) is 26.4. The number of ether oxygens (including phenoxy) is 2. The van der Waals surface area contributed by atoms with Crippen LogP contribution in [0.2, 0.25) is 0 Å². The monoisotopic (exact) mass is 358 g/mol. The number of hydrogen-bond donors (Lipinski definition) is 0. The maximum Gasteiger partial charge on any atom is 0.225 e. The summed E-state index contributed by atoms with van der Waals surface area (Å²) in [5.41, 5.74) is 2.00. The lowest BCUT2D eigenvalue weighted by atomic mass is 9.80. The summed E-state index contributed by atoms with van der Waals surface area (Å²) in [5, 5.41) is 0. The minimum absolute atomic E-state index is 0.170. The van der Waals surface area contributed by atoms with E-state index in [4.69, 9.17) is 14.5 Å². The second-order valence-electron chi connectivity index (χ2n) is 8.13. The average molecular weight is 358 g/mol. The van der Waals surface area contributed by atoms with Crippen LogP contribution in [0.4, 0.5) is 5.95 Å². The van der Waals surface area contributed by atoms with Gasteiger partial charge in [-0.15, -0.1) is 0 Å². The minimum Gasteiger partial charge on any atom is -0.378 e. The lowest BCUT2D eigenvalue weighted by molar-refractivity contribution is -0.130. The van der Waals surface area contributed by atoms with Gasteiger partial charge in [0.15, 0.2) is 0 Å². The van der Waals surface area contributed by atoms with Crippen molar-refractivity contribution in [1.29, 1.82) is 0 Å². The third-order valence-corrected chi connectivity index (χ3v) is 6.15. The molecule has 0 radical (unpaired) electrons. The second kappa shape index (κ2) is 6.46. The van der Waals surface area contributed by atoms with Crippen LogP contribution in [0.1, 0.15) is 36.9 Å². The zero-order chi connectivity index (χ0) is 17.6. The van der Waals surface area contributed by atoms with Crippen molar-refractivity contribution in [2.45, 2.75) is 37.7 Å². The highest BCUT2D eigenvalue weighted by molar-refractivity contribution is 5.77. The van der Waals surface area contributed by atoms with Gasteiger partial charge in [-0.05, 0) is 25.2 Å². The molecular weight excluding hydrogens is 332 g/mol. The Kier molecular flexibility index (Phi) is 4.09. The topological polar surface area (TPSA) is 67.8 Å². The van der Waals surface area contributed by atoms with Crippen molar-refractivity contribution >= 4 is 11.9 Å². The average Bonchev–Trinajstić information content (AvgIpc) is 3.40. The molecule has 1 aromatic rings. The first kappa shape index (κ1) is 16.4. The van der Waals surface area contributed by atoms with Crippen LogP contribution in [0.15, 0.2) is 6.20 Å². The molecule has 4 heterocycles. The largest absolute Gasteiger partial charge is 0.378 e. The lowest BCUT2D eigenvalue weighted by Crippen LogP contribution is -2.43. The van der Waals surface area contributed by atoms with Gasteiger partial charge in [-0.1, -0.05) is 0 Å². The fourth-order valence-corrected chi connectivity index (χ4v) is 4.40. The third kappa shape index (κ3) is 2.97. The molecule has 26 heavy (non-hydrogen) atoms. The van der Waals surface area contributed by atoms with Crippen molar-refractivity contribution < 1.29 is 14.3 Å². The number of carbonyl (C=O) groups is 1. The molecule has 1 aromatic heterocycles. The molecule has 3 fully saturated rings. The molecule has 0 bridgehead atoms. The highest BCUT2D eigenvalue weighted by Crippen LogP contribution is 2.41. The number of likely N-dealkylation sites (tertiary alicyclic amines) is 1. The fourth-order valence-electron chi connectivity index (χ4n) is 4.40. The number of anilines is 1. The van der Waals surface area contributed by atoms with Crippen molar-refractivity contribution in [2.24, 2.45) is 5.92 Å². The molecule has 2 saturated heterocycles. The first-order valence-electron chi connectivity index (χ1n) is 9.78. The first-order chi connectivity index (χ1) is 12.7. The highest BCUT2D eigenvalue weighted by atomic mass is 16.5. The molecule has 1 saturated carbocycles. The third-order valence-electron chi connectivity index (χ3n) is 6.15. The Bertz CT molecular complexity index is 702. The zero-order valence-corrected chi connectivity index (χ0v) is 15.2. The Morgan fingerprint density at radius 1 is 1.23 bits per heavy atom. The van der Waals surface area contributed by atoms with Gasteiger partial charge in [-0.3, -0.25) is 4.79 Å². The molecule has 3 aliphatic heterocycles. The van der Waals surface area contributed by atoms with Crippen LogP contribution in [-0.4, -0.2) is 66.8 Å². The van der Waals surface area contributed by atoms with E-state index in [1.807, 2.05) is 11.1 Å². The van der Waals surface area contributed by atoms with Gasteiger partial charge in [0.05, 0.1) is 37.5 Å². The molecule has 1 spiro atoms. The van der Waals surface area contributed by atoms with Crippen LogP contribution < -0.4 is 4.90 Å². The molecule has 1 amide bonds. The van der Waals surface area contributed by atoms with Crippen LogP contribution in [0.5, 0.6) is 0 Å². The normalized spacial score (nSPS) is 28.5. The predicted octanol–water partition coefficient (Wildman–Crippen LogP) is 1.11. The van der Waals surface area contributed by atoms with Crippen molar-refractivity contribution in [3.05, 3.63) is 17.5 Å². The molecule has 0 N–H and O–H groups in total. The molecular formula is C19H26N4O3. The van der Waals surface area contributed by atoms with Crippen molar-refractivity contribution in [1.82, 2.24) is 14.9 Å². The van der Waals surface area contributed by atoms with E-state index in [1.54, 1.807) is 0 Å². The second-order valence-corrected chi connectivity index (χ2v) is 8.13. The van der Waals surface area contributed by atoms with Crippen molar-refractivity contribution in [3.8, 4) is 0 Å². The van der Waals surface area contributed by atoms with Gasteiger partial charge in [0.25, 0.3) is 0 Å². The fraction of sp³-hybridized carbons (Fsp3) is 0.737. The molecule has 1 atom stereocenters. The first-order valence-corrected chi connectivity index (χ1v) is 9.78. The van der Waals surface area contributed by atoms with Gasteiger partial charge in [0.1, 0.15) is 0 Å². The van der Waals surface area contributed by atoms with Gasteiger partial charge in [-0.25, -0.2) is 9.97 Å². The summed E-state index contributed by atoms with van der Waals surface area (Å²) in [6.45, 7) is 5.85. The number of hydrogen-bond acceptors (Lipinski definition) is 6. The molecule has 1 aliphatic carbocycles. The van der Waals surface area contributed by atoms with Crippen LogP contribution in [0.25, 0.3) is 0 Å². The maximum atomic E-state index is 12.6. The number of carbonyl (C=O) groups excluding carboxylic acids is 1. The van der Waals surface area contributed by atoms with Gasteiger partial charge >= 0.3 is 0 Å². The summed E-state index contributed by atoms with van der Waals surface area (Å²) < 4.78 is 11.3. The summed E-state index contributed by atoms with van der Waals surface area (Å²) in [5.74, 6) is 1.72. The molecule has 0 aromatic carbocycles. The predicted molar refractivity (Wildman–Crippen MR) is 94.9 cm³/mol. The smallest absolute Gasteiger partial charge is 0.225 e. The number of rotatable bonds is 3. The highest BCUT2D eigenvalue weighted by Gasteiger charge is 2.46. The van der Waals surface area contributed by atoms with Crippen LogP contribution in [-0.2, 0) is 26.3 Å². The Hall–Kier alpha value is -1.73. The van der Waals surface area contributed by atoms with E-state index < -0.39 is 0 Å². The summed E-state index contributed by atoms with van der Waals surface area (Å²) >= 11 is 0. The number of amides is 1. The number of fused-ring (bicyclic) bond motifs is 2. The quantitative estimate of drug-likeness (QED) is 0.806. The summed E-state index contributed by atoms with van der Waals surface area (Å²) in [6.07, 6.45) is 5.99. The molecule has 7 nitrogen and oxygen atoms in total. The molecule has 5 rings (SSSR count). The molecule has 4 aliphatic rings. The van der Waals surface area contributed by atoms with E-state index >= 15 is 0 Å². The minimum atomic E-state index is -0.170. The van der Waals surface area contributed by atoms with E-state index in [-0.39, 0.29) is 5.41 Å². The van der Waals surface area contributed by atoms with Crippen molar-refractivity contribution in [3.63, 3.8) is 0 Å². The summed E-state index contributed by atoms with van der Waals surface area (Å²) in [6, 6.07) is 0. The number of morpholine rings is 1. The number of aromatic nitrogens is 2. The maximum absolute atomic E-state index is 12.6. The zero-order valence-electron chi connectivity index (χ0n) is 15.2. The Morgan fingerprint density at radius 2 is 2.08 bits per heavy atom. The standard InChI is InChI=1S/C19H26N4O3/c24-16(9-14-1-2-14)23-4-3-19(12-23)13-26-11-15-10-20-18(21-17(15)19)22-5-7-25-8-6-22/h10,14H,1-9,11-13H2/t19-/m1/s1.